The van der Waals surface area contributed by atoms with Crippen LogP contribution in [0.25, 0.3) is 0 Å². The number of rotatable bonds is 7. The largest absolute Gasteiger partial charge is 0.251 e. The highest BCUT2D eigenvalue weighted by Crippen LogP contribution is 1.91. The molecule has 0 saturated carbocycles. The molecule has 0 unspecified atom stereocenters. The van der Waals surface area contributed by atoms with E-state index in [1.807, 2.05) is 0 Å². The molecule has 15 heavy (non-hydrogen) atoms. The summed E-state index contributed by atoms with van der Waals surface area (Å²) in [4.78, 5) is 0. The van der Waals surface area contributed by atoms with Gasteiger partial charge in [-0.25, -0.2) is 13.1 Å². The molecule has 0 aromatic carbocycles. The van der Waals surface area contributed by atoms with Crippen LogP contribution >= 0.6 is 11.6 Å². The van der Waals surface area contributed by atoms with Crippen molar-refractivity contribution in [3.05, 3.63) is 12.4 Å². The van der Waals surface area contributed by atoms with Crippen LogP contribution in [-0.4, -0.2) is 41.6 Å². The Morgan fingerprint density at radius 2 is 2.27 bits per heavy atom. The number of hydrogen-bond donors (Lipinski definition) is 1. The van der Waals surface area contributed by atoms with E-state index in [9.17, 15) is 8.42 Å². The molecular weight excluding hydrogens is 240 g/mol. The Labute approximate surface area is 93.7 Å². The summed E-state index contributed by atoms with van der Waals surface area (Å²) in [7, 11) is -3.19. The summed E-state index contributed by atoms with van der Waals surface area (Å²) in [6.07, 6.45) is 3.68. The number of halogens is 1. The standard InChI is InChI=1S/C7H13ClN4O2S/c8-2-1-7-15(13,14)10-4-6-12-5-3-9-11-12/h3,5,10H,1-2,4,6-7H2. The van der Waals surface area contributed by atoms with Crippen molar-refractivity contribution in [2.24, 2.45) is 0 Å². The third kappa shape index (κ3) is 5.10. The summed E-state index contributed by atoms with van der Waals surface area (Å²) in [6, 6.07) is 0. The molecule has 86 valence electrons. The second kappa shape index (κ2) is 6.04. The molecule has 0 aliphatic carbocycles. The maximum absolute atomic E-state index is 11.3. The molecule has 0 saturated heterocycles. The van der Waals surface area contributed by atoms with Crippen LogP contribution in [0.3, 0.4) is 0 Å². The van der Waals surface area contributed by atoms with E-state index in [0.717, 1.165) is 0 Å². The van der Waals surface area contributed by atoms with Crippen molar-refractivity contribution >= 4 is 21.6 Å². The molecule has 0 spiro atoms. The SMILES string of the molecule is O=S(=O)(CCCCl)NCCn1ccnn1. The Hall–Kier alpha value is -0.660. The molecule has 1 N–H and O–H groups in total. The van der Waals surface area contributed by atoms with Crippen LogP contribution in [0, 0.1) is 0 Å². The van der Waals surface area contributed by atoms with Crippen LogP contribution in [0.2, 0.25) is 0 Å². The first-order valence-corrected chi connectivity index (χ1v) is 6.70. The number of nitrogens with zero attached hydrogens (tertiary/aromatic N) is 3. The smallest absolute Gasteiger partial charge is 0.211 e. The Kier molecular flexibility index (Phi) is 5.00. The number of aromatic nitrogens is 3. The molecule has 1 rings (SSSR count). The van der Waals surface area contributed by atoms with Crippen LogP contribution in [0.1, 0.15) is 6.42 Å². The van der Waals surface area contributed by atoms with Gasteiger partial charge in [0, 0.05) is 18.6 Å². The van der Waals surface area contributed by atoms with E-state index in [4.69, 9.17) is 11.6 Å². The van der Waals surface area contributed by atoms with E-state index in [2.05, 4.69) is 15.0 Å². The lowest BCUT2D eigenvalue weighted by molar-refractivity contribution is 0.552. The van der Waals surface area contributed by atoms with Crippen LogP contribution in [0.5, 0.6) is 0 Å². The van der Waals surface area contributed by atoms with Gasteiger partial charge in [0.1, 0.15) is 0 Å². The first-order valence-electron chi connectivity index (χ1n) is 4.51. The summed E-state index contributed by atoms with van der Waals surface area (Å²) in [5.41, 5.74) is 0. The summed E-state index contributed by atoms with van der Waals surface area (Å²) >= 11 is 5.41. The first-order chi connectivity index (χ1) is 7.14. The van der Waals surface area contributed by atoms with Gasteiger partial charge in [0.15, 0.2) is 0 Å². The van der Waals surface area contributed by atoms with E-state index in [0.29, 0.717) is 25.4 Å². The molecular formula is C7H13ClN4O2S. The molecule has 1 heterocycles. The highest BCUT2D eigenvalue weighted by molar-refractivity contribution is 7.89. The summed E-state index contributed by atoms with van der Waals surface area (Å²) < 4.78 is 26.6. The second-order valence-electron chi connectivity index (χ2n) is 2.92. The fourth-order valence-electron chi connectivity index (χ4n) is 0.984. The zero-order valence-electron chi connectivity index (χ0n) is 8.13. The Morgan fingerprint density at radius 3 is 2.87 bits per heavy atom. The van der Waals surface area contributed by atoms with Crippen LogP contribution in [0.4, 0.5) is 0 Å². The molecule has 0 bridgehead atoms. The zero-order chi connectivity index (χ0) is 11.1. The quantitative estimate of drug-likeness (QED) is 0.684. The van der Waals surface area contributed by atoms with Gasteiger partial charge in [0.25, 0.3) is 0 Å². The normalized spacial score (nSPS) is 11.8. The van der Waals surface area contributed by atoms with E-state index < -0.39 is 10.0 Å². The van der Waals surface area contributed by atoms with Crippen molar-refractivity contribution in [1.82, 2.24) is 19.7 Å². The molecule has 0 radical (unpaired) electrons. The summed E-state index contributed by atoms with van der Waals surface area (Å²) in [6.45, 7) is 0.786. The third-order valence-electron chi connectivity index (χ3n) is 1.68. The maximum atomic E-state index is 11.3. The van der Waals surface area contributed by atoms with Crippen molar-refractivity contribution in [2.75, 3.05) is 18.2 Å². The molecule has 6 nitrogen and oxygen atoms in total. The minimum Gasteiger partial charge on any atom is -0.251 e. The van der Waals surface area contributed by atoms with Crippen molar-refractivity contribution in [1.29, 1.82) is 0 Å². The van der Waals surface area contributed by atoms with Gasteiger partial charge in [-0.05, 0) is 6.42 Å². The van der Waals surface area contributed by atoms with Gasteiger partial charge in [-0.3, -0.25) is 4.68 Å². The fraction of sp³-hybridized carbons (Fsp3) is 0.714. The van der Waals surface area contributed by atoms with Crippen molar-refractivity contribution in [2.45, 2.75) is 13.0 Å². The maximum Gasteiger partial charge on any atom is 0.211 e. The van der Waals surface area contributed by atoms with Crippen LogP contribution in [0.15, 0.2) is 12.4 Å². The average Bonchev–Trinajstić information content (AvgIpc) is 2.67. The molecule has 1 aromatic rings. The van der Waals surface area contributed by atoms with Gasteiger partial charge in [0.05, 0.1) is 18.5 Å². The highest BCUT2D eigenvalue weighted by atomic mass is 35.5. The lowest BCUT2D eigenvalue weighted by Gasteiger charge is -2.05. The predicted molar refractivity (Wildman–Crippen MR) is 57.1 cm³/mol. The van der Waals surface area contributed by atoms with Crippen molar-refractivity contribution in [3.8, 4) is 0 Å². The lowest BCUT2D eigenvalue weighted by Crippen LogP contribution is -2.29. The van der Waals surface area contributed by atoms with Gasteiger partial charge in [-0.1, -0.05) is 5.21 Å². The van der Waals surface area contributed by atoms with Gasteiger partial charge >= 0.3 is 0 Å². The number of hydrogen-bond acceptors (Lipinski definition) is 4. The second-order valence-corrected chi connectivity index (χ2v) is 5.23. The van der Waals surface area contributed by atoms with E-state index in [1.54, 1.807) is 17.1 Å². The summed E-state index contributed by atoms with van der Waals surface area (Å²) in [5.74, 6) is 0.415. The van der Waals surface area contributed by atoms with Gasteiger partial charge in [-0.2, -0.15) is 0 Å². The van der Waals surface area contributed by atoms with Gasteiger partial charge in [0.2, 0.25) is 10.0 Å². The summed E-state index contributed by atoms with van der Waals surface area (Å²) in [5, 5.41) is 7.31. The Bertz CT molecular complexity index is 364. The van der Waals surface area contributed by atoms with Crippen LogP contribution in [-0.2, 0) is 16.6 Å². The average molecular weight is 253 g/mol. The number of sulfonamides is 1. The van der Waals surface area contributed by atoms with Crippen LogP contribution < -0.4 is 4.72 Å². The molecule has 0 amide bonds. The van der Waals surface area contributed by atoms with Gasteiger partial charge in [-0.15, -0.1) is 16.7 Å². The van der Waals surface area contributed by atoms with Gasteiger partial charge < -0.3 is 0 Å². The monoisotopic (exact) mass is 252 g/mol. The van der Waals surface area contributed by atoms with E-state index in [1.165, 1.54) is 0 Å². The zero-order valence-corrected chi connectivity index (χ0v) is 9.71. The first kappa shape index (κ1) is 12.4. The van der Waals surface area contributed by atoms with E-state index in [-0.39, 0.29) is 5.75 Å². The predicted octanol–water partition coefficient (Wildman–Crippen LogP) is -0.174. The minimum atomic E-state index is -3.19. The van der Waals surface area contributed by atoms with Crippen molar-refractivity contribution in [3.63, 3.8) is 0 Å². The van der Waals surface area contributed by atoms with Crippen molar-refractivity contribution < 1.29 is 8.42 Å². The Morgan fingerprint density at radius 1 is 1.47 bits per heavy atom. The highest BCUT2D eigenvalue weighted by Gasteiger charge is 2.08. The third-order valence-corrected chi connectivity index (χ3v) is 3.42. The lowest BCUT2D eigenvalue weighted by atomic mass is 10.6. The van der Waals surface area contributed by atoms with E-state index >= 15 is 0 Å². The molecule has 0 aliphatic heterocycles. The fourth-order valence-corrected chi connectivity index (χ4v) is 2.35. The molecule has 0 atom stereocenters. The molecule has 0 aliphatic rings. The molecule has 0 fully saturated rings. The molecule has 1 aromatic heterocycles. The minimum absolute atomic E-state index is 0.0634. The Balaban J connectivity index is 2.24. The number of nitrogens with one attached hydrogen (secondary N) is 1. The molecule has 8 heteroatoms. The number of alkyl halides is 1. The topological polar surface area (TPSA) is 76.9 Å².